The zero-order valence-corrected chi connectivity index (χ0v) is 15.5. The number of methoxy groups -OCH3 is 2. The molecular weight excluding hydrogens is 365 g/mol. The Morgan fingerprint density at radius 2 is 1.93 bits per heavy atom. The van der Waals surface area contributed by atoms with Gasteiger partial charge in [0, 0.05) is 6.54 Å². The van der Waals surface area contributed by atoms with Gasteiger partial charge in [0.25, 0.3) is 5.91 Å². The van der Waals surface area contributed by atoms with Crippen molar-refractivity contribution in [2.45, 2.75) is 6.42 Å². The van der Waals surface area contributed by atoms with E-state index < -0.39 is 11.7 Å². The molecule has 1 aromatic heterocycles. The molecule has 28 heavy (non-hydrogen) atoms. The molecule has 1 heterocycles. The van der Waals surface area contributed by atoms with Crippen LogP contribution in [0, 0.1) is 5.82 Å². The van der Waals surface area contributed by atoms with Gasteiger partial charge in [0.2, 0.25) is 0 Å². The molecule has 0 radical (unpaired) electrons. The second-order valence-corrected chi connectivity index (χ2v) is 5.88. The summed E-state index contributed by atoms with van der Waals surface area (Å²) in [6, 6.07) is 11.5. The van der Waals surface area contributed by atoms with Crippen LogP contribution in [-0.2, 0) is 6.42 Å². The first kappa shape index (κ1) is 19.2. The number of para-hydroxylation sites is 1. The van der Waals surface area contributed by atoms with Gasteiger partial charge in [-0.15, -0.1) is 5.10 Å². The van der Waals surface area contributed by atoms with E-state index in [-0.39, 0.29) is 17.2 Å². The van der Waals surface area contributed by atoms with Gasteiger partial charge < -0.3 is 20.5 Å². The van der Waals surface area contributed by atoms with Crippen LogP contribution in [0.5, 0.6) is 11.5 Å². The van der Waals surface area contributed by atoms with Crippen molar-refractivity contribution < 1.29 is 18.7 Å². The van der Waals surface area contributed by atoms with Gasteiger partial charge in [-0.05, 0) is 36.2 Å². The molecule has 3 aromatic rings. The standard InChI is InChI=1S/C19H20FN5O3/c1-27-15-8-7-12(11-16(15)28-2)9-10-22-19(26)17-18(21)25(24-23-17)14-6-4-3-5-13(14)20/h3-8,11H,9-10,21H2,1-2H3,(H,22,26). The van der Waals surface area contributed by atoms with Crippen LogP contribution in [-0.4, -0.2) is 41.7 Å². The maximum absolute atomic E-state index is 13.9. The summed E-state index contributed by atoms with van der Waals surface area (Å²) < 4.78 is 25.5. The molecule has 3 rings (SSSR count). The number of hydrogen-bond acceptors (Lipinski definition) is 6. The van der Waals surface area contributed by atoms with Crippen LogP contribution in [0.4, 0.5) is 10.2 Å². The summed E-state index contributed by atoms with van der Waals surface area (Å²) in [5.41, 5.74) is 6.96. The number of aromatic nitrogens is 3. The van der Waals surface area contributed by atoms with E-state index in [1.54, 1.807) is 32.4 Å². The molecule has 8 nitrogen and oxygen atoms in total. The number of carbonyl (C=O) groups is 1. The predicted octanol–water partition coefficient (Wildman–Crippen LogP) is 1.98. The molecule has 0 atom stereocenters. The Labute approximate surface area is 161 Å². The summed E-state index contributed by atoms with van der Waals surface area (Å²) in [4.78, 5) is 12.4. The van der Waals surface area contributed by atoms with Crippen molar-refractivity contribution in [1.82, 2.24) is 20.3 Å². The van der Waals surface area contributed by atoms with Crippen molar-refractivity contribution in [3.05, 3.63) is 59.5 Å². The van der Waals surface area contributed by atoms with Crippen molar-refractivity contribution in [2.24, 2.45) is 0 Å². The molecule has 146 valence electrons. The predicted molar refractivity (Wildman–Crippen MR) is 101 cm³/mol. The zero-order valence-electron chi connectivity index (χ0n) is 15.5. The van der Waals surface area contributed by atoms with Crippen molar-refractivity contribution in [1.29, 1.82) is 0 Å². The third-order valence-corrected chi connectivity index (χ3v) is 4.15. The monoisotopic (exact) mass is 385 g/mol. The lowest BCUT2D eigenvalue weighted by atomic mass is 10.1. The van der Waals surface area contributed by atoms with Gasteiger partial charge in [-0.1, -0.05) is 23.4 Å². The summed E-state index contributed by atoms with van der Waals surface area (Å²) in [6.45, 7) is 0.348. The van der Waals surface area contributed by atoms with Gasteiger partial charge in [0.1, 0.15) is 11.5 Å². The number of nitrogens with one attached hydrogen (secondary N) is 1. The molecule has 0 aliphatic heterocycles. The van der Waals surface area contributed by atoms with Gasteiger partial charge in [-0.2, -0.15) is 4.68 Å². The molecule has 0 saturated carbocycles. The van der Waals surface area contributed by atoms with Crippen LogP contribution in [0.3, 0.4) is 0 Å². The number of ether oxygens (including phenoxy) is 2. The molecule has 3 N–H and O–H groups in total. The highest BCUT2D eigenvalue weighted by Gasteiger charge is 2.19. The lowest BCUT2D eigenvalue weighted by Gasteiger charge is -2.10. The van der Waals surface area contributed by atoms with Crippen LogP contribution in [0.25, 0.3) is 5.69 Å². The number of nitrogens with two attached hydrogens (primary N) is 1. The van der Waals surface area contributed by atoms with E-state index in [9.17, 15) is 9.18 Å². The van der Waals surface area contributed by atoms with E-state index in [2.05, 4.69) is 15.6 Å². The van der Waals surface area contributed by atoms with Gasteiger partial charge >= 0.3 is 0 Å². The molecule has 0 unspecified atom stereocenters. The van der Waals surface area contributed by atoms with E-state index in [0.717, 1.165) is 10.2 Å². The number of halogens is 1. The van der Waals surface area contributed by atoms with Crippen molar-refractivity contribution >= 4 is 11.7 Å². The van der Waals surface area contributed by atoms with Crippen molar-refractivity contribution in [3.63, 3.8) is 0 Å². The van der Waals surface area contributed by atoms with Gasteiger partial charge in [0.05, 0.1) is 14.2 Å². The quantitative estimate of drug-likeness (QED) is 0.644. The van der Waals surface area contributed by atoms with Crippen molar-refractivity contribution in [3.8, 4) is 17.2 Å². The summed E-state index contributed by atoms with van der Waals surface area (Å²) in [7, 11) is 3.13. The molecule has 1 amide bonds. The number of amides is 1. The lowest BCUT2D eigenvalue weighted by Crippen LogP contribution is -2.27. The fourth-order valence-electron chi connectivity index (χ4n) is 2.69. The summed E-state index contributed by atoms with van der Waals surface area (Å²) in [5.74, 6) is 0.213. The number of benzene rings is 2. The Balaban J connectivity index is 1.66. The Bertz CT molecular complexity index is 989. The first-order chi connectivity index (χ1) is 13.5. The first-order valence-electron chi connectivity index (χ1n) is 8.50. The third-order valence-electron chi connectivity index (χ3n) is 4.15. The number of rotatable bonds is 7. The molecule has 0 aliphatic rings. The van der Waals surface area contributed by atoms with Crippen LogP contribution in [0.1, 0.15) is 16.1 Å². The number of nitrogens with zero attached hydrogens (tertiary/aromatic N) is 3. The summed E-state index contributed by atoms with van der Waals surface area (Å²) in [5, 5.41) is 10.3. The first-order valence-corrected chi connectivity index (χ1v) is 8.50. The van der Waals surface area contributed by atoms with E-state index in [4.69, 9.17) is 15.2 Å². The van der Waals surface area contributed by atoms with Crippen LogP contribution >= 0.6 is 0 Å². The number of nitrogen functional groups attached to an aromatic ring is 1. The van der Waals surface area contributed by atoms with Gasteiger partial charge in [-0.25, -0.2) is 4.39 Å². The largest absolute Gasteiger partial charge is 0.493 e. The van der Waals surface area contributed by atoms with Crippen LogP contribution in [0.2, 0.25) is 0 Å². The highest BCUT2D eigenvalue weighted by atomic mass is 19.1. The van der Waals surface area contributed by atoms with Crippen LogP contribution < -0.4 is 20.5 Å². The van der Waals surface area contributed by atoms with E-state index in [0.29, 0.717) is 24.5 Å². The van der Waals surface area contributed by atoms with Gasteiger partial charge in [-0.3, -0.25) is 4.79 Å². The minimum atomic E-state index is -0.514. The minimum Gasteiger partial charge on any atom is -0.493 e. The Morgan fingerprint density at radius 3 is 2.64 bits per heavy atom. The topological polar surface area (TPSA) is 104 Å². The molecular formula is C19H20FN5O3. The Kier molecular flexibility index (Phi) is 5.73. The average molecular weight is 385 g/mol. The number of carbonyl (C=O) groups excluding carboxylic acids is 1. The maximum atomic E-state index is 13.9. The van der Waals surface area contributed by atoms with Gasteiger partial charge in [0.15, 0.2) is 23.0 Å². The average Bonchev–Trinajstić information content (AvgIpc) is 3.09. The number of hydrogen-bond donors (Lipinski definition) is 2. The maximum Gasteiger partial charge on any atom is 0.275 e. The lowest BCUT2D eigenvalue weighted by molar-refractivity contribution is 0.0950. The molecule has 0 fully saturated rings. The Morgan fingerprint density at radius 1 is 1.18 bits per heavy atom. The SMILES string of the molecule is COc1ccc(CCNC(=O)c2nnn(-c3ccccc3F)c2N)cc1OC. The van der Waals surface area contributed by atoms with E-state index in [1.807, 2.05) is 12.1 Å². The molecule has 0 saturated heterocycles. The molecule has 9 heteroatoms. The Hall–Kier alpha value is -3.62. The number of anilines is 1. The molecule has 0 bridgehead atoms. The molecule has 0 aliphatic carbocycles. The molecule has 2 aromatic carbocycles. The second kappa shape index (κ2) is 8.38. The normalized spacial score (nSPS) is 10.5. The highest BCUT2D eigenvalue weighted by Crippen LogP contribution is 2.27. The van der Waals surface area contributed by atoms with Crippen LogP contribution in [0.15, 0.2) is 42.5 Å². The minimum absolute atomic E-state index is 0.0336. The second-order valence-electron chi connectivity index (χ2n) is 5.88. The highest BCUT2D eigenvalue weighted by molar-refractivity contribution is 5.96. The van der Waals surface area contributed by atoms with E-state index in [1.165, 1.54) is 12.1 Å². The smallest absolute Gasteiger partial charge is 0.275 e. The zero-order chi connectivity index (χ0) is 20.1. The fourth-order valence-corrected chi connectivity index (χ4v) is 2.69. The third kappa shape index (κ3) is 3.88. The fraction of sp³-hybridized carbons (Fsp3) is 0.211. The van der Waals surface area contributed by atoms with Crippen molar-refractivity contribution in [2.75, 3.05) is 26.5 Å². The molecule has 0 spiro atoms. The summed E-state index contributed by atoms with van der Waals surface area (Å²) in [6.07, 6.45) is 0.563. The summed E-state index contributed by atoms with van der Waals surface area (Å²) >= 11 is 0. The van der Waals surface area contributed by atoms with E-state index >= 15 is 0 Å².